The summed E-state index contributed by atoms with van der Waals surface area (Å²) in [7, 11) is 0. The normalized spacial score (nSPS) is 25.2. The van der Waals surface area contributed by atoms with Crippen LogP contribution >= 0.6 is 0 Å². The number of hydrogen-bond acceptors (Lipinski definition) is 1. The fourth-order valence-electron chi connectivity index (χ4n) is 6.26. The number of rotatable bonds is 10. The van der Waals surface area contributed by atoms with Gasteiger partial charge in [-0.05, 0) is 84.6 Å². The van der Waals surface area contributed by atoms with Gasteiger partial charge < -0.3 is 4.74 Å². The van der Waals surface area contributed by atoms with Crippen molar-refractivity contribution in [2.24, 2.45) is 17.8 Å². The Morgan fingerprint density at radius 1 is 0.812 bits per heavy atom. The van der Waals surface area contributed by atoms with Gasteiger partial charge in [0.25, 0.3) is 0 Å². The van der Waals surface area contributed by atoms with E-state index in [4.69, 9.17) is 4.74 Å². The number of hydrogen-bond donors (Lipinski definition) is 0. The van der Waals surface area contributed by atoms with Crippen LogP contribution in [0.4, 0.5) is 0 Å². The zero-order chi connectivity index (χ0) is 22.2. The van der Waals surface area contributed by atoms with Gasteiger partial charge in [0.1, 0.15) is 12.4 Å². The molecule has 0 saturated heterocycles. The van der Waals surface area contributed by atoms with Crippen LogP contribution in [0.15, 0.2) is 61.2 Å². The van der Waals surface area contributed by atoms with Gasteiger partial charge in [-0.25, -0.2) is 0 Å². The van der Waals surface area contributed by atoms with Gasteiger partial charge in [-0.3, -0.25) is 0 Å². The lowest BCUT2D eigenvalue weighted by molar-refractivity contribution is 0.113. The van der Waals surface area contributed by atoms with E-state index in [1.165, 1.54) is 81.8 Å². The lowest BCUT2D eigenvalue weighted by Crippen LogP contribution is -2.30. The van der Waals surface area contributed by atoms with Crippen molar-refractivity contribution in [2.45, 2.75) is 83.5 Å². The highest BCUT2D eigenvalue weighted by molar-refractivity contribution is 5.64. The van der Waals surface area contributed by atoms with Crippen molar-refractivity contribution < 1.29 is 4.74 Å². The number of benzene rings is 2. The van der Waals surface area contributed by atoms with Gasteiger partial charge in [-0.1, -0.05) is 94.5 Å². The molecule has 2 aliphatic carbocycles. The molecule has 2 aliphatic rings. The first-order valence-corrected chi connectivity index (χ1v) is 13.2. The Balaban J connectivity index is 1.29. The summed E-state index contributed by atoms with van der Waals surface area (Å²) in [6.07, 6.45) is 17.7. The molecule has 4 unspecified atom stereocenters. The van der Waals surface area contributed by atoms with Crippen molar-refractivity contribution in [3.05, 3.63) is 66.7 Å². The minimum absolute atomic E-state index is 0.552. The average molecular weight is 431 g/mol. The summed E-state index contributed by atoms with van der Waals surface area (Å²) in [6, 6.07) is 17.8. The van der Waals surface area contributed by atoms with Crippen molar-refractivity contribution in [3.8, 4) is 16.9 Å². The van der Waals surface area contributed by atoms with E-state index in [1.807, 2.05) is 12.1 Å². The summed E-state index contributed by atoms with van der Waals surface area (Å²) in [4.78, 5) is 0. The van der Waals surface area contributed by atoms with Crippen molar-refractivity contribution in [1.29, 1.82) is 0 Å². The molecule has 0 spiro atoms. The standard InChI is InChI=1S/C31H42O/c1-3-5-6-7-8-24-9-10-30-23-29(16-15-28(30)22-24)27-13-11-25(12-14-27)26-17-19-31(20-18-26)32-21-4-2/h4,11-14,17-20,24,28-30H,2-3,5-10,15-16,21-23H2,1H3. The van der Waals surface area contributed by atoms with Gasteiger partial charge in [0.2, 0.25) is 0 Å². The van der Waals surface area contributed by atoms with Crippen LogP contribution in [0, 0.1) is 17.8 Å². The summed E-state index contributed by atoms with van der Waals surface area (Å²) < 4.78 is 5.61. The van der Waals surface area contributed by atoms with Crippen molar-refractivity contribution in [2.75, 3.05) is 6.61 Å². The van der Waals surface area contributed by atoms with Crippen LogP contribution < -0.4 is 4.74 Å². The molecule has 0 aromatic heterocycles. The zero-order valence-electron chi connectivity index (χ0n) is 20.1. The van der Waals surface area contributed by atoms with Gasteiger partial charge in [0, 0.05) is 0 Å². The maximum absolute atomic E-state index is 5.61. The van der Waals surface area contributed by atoms with E-state index in [1.54, 1.807) is 11.6 Å². The predicted molar refractivity (Wildman–Crippen MR) is 137 cm³/mol. The molecule has 4 rings (SSSR count). The van der Waals surface area contributed by atoms with E-state index in [-0.39, 0.29) is 0 Å². The summed E-state index contributed by atoms with van der Waals surface area (Å²) in [5.74, 6) is 4.68. The first-order valence-electron chi connectivity index (χ1n) is 13.2. The molecule has 4 atom stereocenters. The Morgan fingerprint density at radius 3 is 2.22 bits per heavy atom. The Hall–Kier alpha value is -2.02. The lowest BCUT2D eigenvalue weighted by atomic mass is 9.63. The second kappa shape index (κ2) is 11.7. The first kappa shape index (κ1) is 23.1. The van der Waals surface area contributed by atoms with Crippen LogP contribution in [0.3, 0.4) is 0 Å². The molecule has 1 nitrogen and oxygen atoms in total. The average Bonchev–Trinajstić information content (AvgIpc) is 2.85. The monoisotopic (exact) mass is 430 g/mol. The van der Waals surface area contributed by atoms with Crippen molar-refractivity contribution >= 4 is 0 Å². The topological polar surface area (TPSA) is 9.23 Å². The van der Waals surface area contributed by atoms with Crippen LogP contribution in [-0.2, 0) is 0 Å². The molecule has 0 heterocycles. The molecule has 0 amide bonds. The zero-order valence-corrected chi connectivity index (χ0v) is 20.1. The van der Waals surface area contributed by atoms with E-state index >= 15 is 0 Å². The van der Waals surface area contributed by atoms with Crippen LogP contribution in [0.1, 0.15) is 89.0 Å². The quantitative estimate of drug-likeness (QED) is 0.269. The second-order valence-corrected chi connectivity index (χ2v) is 10.3. The smallest absolute Gasteiger partial charge is 0.119 e. The van der Waals surface area contributed by atoms with Crippen LogP contribution in [0.5, 0.6) is 5.75 Å². The van der Waals surface area contributed by atoms with Crippen LogP contribution in [0.2, 0.25) is 0 Å². The van der Waals surface area contributed by atoms with E-state index < -0.39 is 0 Å². The van der Waals surface area contributed by atoms with E-state index in [9.17, 15) is 0 Å². The van der Waals surface area contributed by atoms with Gasteiger partial charge in [-0.2, -0.15) is 0 Å². The molecule has 2 fully saturated rings. The summed E-state index contributed by atoms with van der Waals surface area (Å²) in [5.41, 5.74) is 4.10. The van der Waals surface area contributed by atoms with E-state index in [0.717, 1.165) is 29.4 Å². The van der Waals surface area contributed by atoms with Crippen LogP contribution in [0.25, 0.3) is 11.1 Å². The van der Waals surface area contributed by atoms with Gasteiger partial charge in [0.05, 0.1) is 0 Å². The predicted octanol–water partition coefficient (Wildman–Crippen LogP) is 9.19. The van der Waals surface area contributed by atoms with E-state index in [0.29, 0.717) is 6.61 Å². The molecule has 32 heavy (non-hydrogen) atoms. The Bertz CT molecular complexity index is 819. The molecule has 0 N–H and O–H groups in total. The number of ether oxygens (including phenoxy) is 1. The lowest BCUT2D eigenvalue weighted by Gasteiger charge is -2.42. The minimum atomic E-state index is 0.552. The molecular weight excluding hydrogens is 388 g/mol. The number of fused-ring (bicyclic) bond motifs is 1. The van der Waals surface area contributed by atoms with Gasteiger partial charge in [-0.15, -0.1) is 0 Å². The summed E-state index contributed by atoms with van der Waals surface area (Å²) in [5, 5.41) is 0. The Kier molecular flexibility index (Phi) is 8.49. The molecule has 172 valence electrons. The molecule has 0 bridgehead atoms. The highest BCUT2D eigenvalue weighted by Gasteiger charge is 2.35. The Labute approximate surface area is 196 Å². The van der Waals surface area contributed by atoms with E-state index in [2.05, 4.69) is 49.9 Å². The SMILES string of the molecule is C=CCOc1ccc(-c2ccc(C3CCC4CC(CCCCCC)CCC4C3)cc2)cc1. The fourth-order valence-corrected chi connectivity index (χ4v) is 6.26. The second-order valence-electron chi connectivity index (χ2n) is 10.3. The molecule has 0 radical (unpaired) electrons. The highest BCUT2D eigenvalue weighted by Crippen LogP contribution is 2.48. The van der Waals surface area contributed by atoms with Crippen LogP contribution in [-0.4, -0.2) is 6.61 Å². The third-order valence-electron chi connectivity index (χ3n) is 8.13. The number of unbranched alkanes of at least 4 members (excludes halogenated alkanes) is 3. The highest BCUT2D eigenvalue weighted by atomic mass is 16.5. The van der Waals surface area contributed by atoms with Gasteiger partial charge >= 0.3 is 0 Å². The summed E-state index contributed by atoms with van der Waals surface area (Å²) >= 11 is 0. The molecule has 1 heteroatoms. The minimum Gasteiger partial charge on any atom is -0.490 e. The summed E-state index contributed by atoms with van der Waals surface area (Å²) in [6.45, 7) is 6.57. The molecule has 0 aliphatic heterocycles. The third-order valence-corrected chi connectivity index (χ3v) is 8.13. The fraction of sp³-hybridized carbons (Fsp3) is 0.548. The molecule has 2 aromatic carbocycles. The first-order chi connectivity index (χ1) is 15.8. The maximum Gasteiger partial charge on any atom is 0.119 e. The third kappa shape index (κ3) is 6.06. The van der Waals surface area contributed by atoms with Crippen molar-refractivity contribution in [1.82, 2.24) is 0 Å². The Morgan fingerprint density at radius 2 is 1.50 bits per heavy atom. The maximum atomic E-state index is 5.61. The molecule has 2 saturated carbocycles. The largest absolute Gasteiger partial charge is 0.490 e. The van der Waals surface area contributed by atoms with Crippen molar-refractivity contribution in [3.63, 3.8) is 0 Å². The molecular formula is C31H42O. The van der Waals surface area contributed by atoms with Gasteiger partial charge in [0.15, 0.2) is 0 Å². The molecule has 2 aromatic rings.